The molecule has 0 aromatic heterocycles. The maximum absolute atomic E-state index is 3.60. The van der Waals surface area contributed by atoms with Crippen LogP contribution in [0.1, 0.15) is 64.7 Å². The molecule has 2 aliphatic rings. The minimum atomic E-state index is 0.738. The summed E-state index contributed by atoms with van der Waals surface area (Å²) in [6.07, 6.45) is 12.8. The fraction of sp³-hybridized carbons (Fsp3) is 1.00. The van der Waals surface area contributed by atoms with Crippen molar-refractivity contribution in [3.8, 4) is 0 Å². The van der Waals surface area contributed by atoms with Gasteiger partial charge < -0.3 is 5.32 Å². The molecular weight excluding hydrogens is 208 g/mol. The normalized spacial score (nSPS) is 36.7. The van der Waals surface area contributed by atoms with Gasteiger partial charge in [0.1, 0.15) is 0 Å². The van der Waals surface area contributed by atoms with Crippen LogP contribution in [-0.4, -0.2) is 36.6 Å². The van der Waals surface area contributed by atoms with Gasteiger partial charge in [-0.15, -0.1) is 0 Å². The van der Waals surface area contributed by atoms with Gasteiger partial charge in [-0.3, -0.25) is 4.90 Å². The molecule has 3 atom stereocenters. The molecule has 2 fully saturated rings. The Labute approximate surface area is 107 Å². The Kier molecular flexibility index (Phi) is 5.30. The maximum atomic E-state index is 3.60. The average molecular weight is 238 g/mol. The molecule has 1 aliphatic heterocycles. The van der Waals surface area contributed by atoms with Crippen molar-refractivity contribution >= 4 is 0 Å². The fourth-order valence-electron chi connectivity index (χ4n) is 3.93. The number of nitrogens with zero attached hydrogens (tertiary/aromatic N) is 1. The molecule has 1 saturated heterocycles. The highest BCUT2D eigenvalue weighted by atomic mass is 15.2. The van der Waals surface area contributed by atoms with E-state index in [1.807, 2.05) is 0 Å². The predicted molar refractivity (Wildman–Crippen MR) is 74.4 cm³/mol. The molecule has 2 nitrogen and oxygen atoms in total. The van der Waals surface area contributed by atoms with Crippen molar-refractivity contribution in [3.63, 3.8) is 0 Å². The van der Waals surface area contributed by atoms with Crippen LogP contribution in [0.3, 0.4) is 0 Å². The summed E-state index contributed by atoms with van der Waals surface area (Å²) >= 11 is 0. The lowest BCUT2D eigenvalue weighted by Crippen LogP contribution is -2.51. The number of nitrogens with one attached hydrogen (secondary N) is 1. The Bertz CT molecular complexity index is 217. The lowest BCUT2D eigenvalue weighted by Gasteiger charge is -2.39. The van der Waals surface area contributed by atoms with E-state index in [4.69, 9.17) is 0 Å². The van der Waals surface area contributed by atoms with Crippen LogP contribution in [0.25, 0.3) is 0 Å². The van der Waals surface area contributed by atoms with Gasteiger partial charge in [-0.2, -0.15) is 0 Å². The largest absolute Gasteiger partial charge is 0.315 e. The second-order valence-corrected chi connectivity index (χ2v) is 5.90. The van der Waals surface area contributed by atoms with Crippen molar-refractivity contribution in [3.05, 3.63) is 0 Å². The van der Waals surface area contributed by atoms with Crippen molar-refractivity contribution in [2.45, 2.75) is 82.8 Å². The lowest BCUT2D eigenvalue weighted by atomic mass is 9.90. The van der Waals surface area contributed by atoms with Gasteiger partial charge in [-0.1, -0.05) is 32.6 Å². The monoisotopic (exact) mass is 238 g/mol. The van der Waals surface area contributed by atoms with E-state index in [9.17, 15) is 0 Å². The van der Waals surface area contributed by atoms with Crippen molar-refractivity contribution < 1.29 is 0 Å². The Morgan fingerprint density at radius 2 is 1.76 bits per heavy atom. The Balaban J connectivity index is 2.02. The van der Waals surface area contributed by atoms with Crippen LogP contribution in [0.4, 0.5) is 0 Å². The van der Waals surface area contributed by atoms with Crippen LogP contribution in [0.15, 0.2) is 0 Å². The van der Waals surface area contributed by atoms with E-state index in [0.29, 0.717) is 0 Å². The second-order valence-electron chi connectivity index (χ2n) is 5.90. The number of hydrogen-bond donors (Lipinski definition) is 1. The van der Waals surface area contributed by atoms with E-state index in [2.05, 4.69) is 24.2 Å². The highest BCUT2D eigenvalue weighted by Gasteiger charge is 2.33. The van der Waals surface area contributed by atoms with Crippen LogP contribution in [-0.2, 0) is 0 Å². The van der Waals surface area contributed by atoms with Crippen molar-refractivity contribution in [2.24, 2.45) is 0 Å². The highest BCUT2D eigenvalue weighted by molar-refractivity contribution is 4.91. The first kappa shape index (κ1) is 13.4. The lowest BCUT2D eigenvalue weighted by molar-refractivity contribution is 0.121. The second kappa shape index (κ2) is 6.75. The summed E-state index contributed by atoms with van der Waals surface area (Å²) in [7, 11) is 2.16. The molecule has 2 rings (SSSR count). The number of likely N-dealkylation sites (N-methyl/N-ethyl adjacent to an activating group) is 1. The Morgan fingerprint density at radius 1 is 1.00 bits per heavy atom. The summed E-state index contributed by atoms with van der Waals surface area (Å²) in [5.74, 6) is 0. The van der Waals surface area contributed by atoms with Gasteiger partial charge in [-0.05, 0) is 45.7 Å². The van der Waals surface area contributed by atoms with Gasteiger partial charge >= 0.3 is 0 Å². The zero-order chi connectivity index (χ0) is 12.1. The molecule has 0 amide bonds. The third kappa shape index (κ3) is 3.23. The third-order valence-electron chi connectivity index (χ3n) is 4.92. The van der Waals surface area contributed by atoms with E-state index in [1.54, 1.807) is 0 Å². The molecule has 2 heteroatoms. The van der Waals surface area contributed by atoms with E-state index in [-0.39, 0.29) is 0 Å². The van der Waals surface area contributed by atoms with Crippen LogP contribution in [0.5, 0.6) is 0 Å². The van der Waals surface area contributed by atoms with Gasteiger partial charge in [0.05, 0.1) is 0 Å². The zero-order valence-corrected chi connectivity index (χ0v) is 11.8. The Morgan fingerprint density at radius 3 is 2.47 bits per heavy atom. The molecule has 1 aliphatic carbocycles. The average Bonchev–Trinajstić information content (AvgIpc) is 2.77. The highest BCUT2D eigenvalue weighted by Crippen LogP contribution is 2.29. The first-order valence-electron chi connectivity index (χ1n) is 7.79. The molecule has 0 spiro atoms. The summed E-state index contributed by atoms with van der Waals surface area (Å²) in [6.45, 7) is 3.71. The zero-order valence-electron chi connectivity index (χ0n) is 11.8. The van der Waals surface area contributed by atoms with E-state index >= 15 is 0 Å². The predicted octanol–water partition coefficient (Wildman–Crippen LogP) is 3.17. The summed E-state index contributed by atoms with van der Waals surface area (Å²) in [6, 6.07) is 2.42. The molecule has 3 unspecified atom stereocenters. The number of hydrogen-bond acceptors (Lipinski definition) is 2. The smallest absolute Gasteiger partial charge is 0.0252 e. The molecular formula is C15H30N2. The van der Waals surface area contributed by atoms with Crippen LogP contribution in [0, 0.1) is 0 Å². The van der Waals surface area contributed by atoms with E-state index in [0.717, 1.165) is 18.1 Å². The maximum Gasteiger partial charge on any atom is 0.0252 e. The molecule has 1 N–H and O–H groups in total. The summed E-state index contributed by atoms with van der Waals surface area (Å²) < 4.78 is 0. The van der Waals surface area contributed by atoms with Gasteiger partial charge in [0.15, 0.2) is 0 Å². The summed E-state index contributed by atoms with van der Waals surface area (Å²) in [5.41, 5.74) is 0. The molecule has 0 aromatic rings. The Hall–Kier alpha value is -0.0800. The molecule has 100 valence electrons. The molecule has 1 saturated carbocycles. The van der Waals surface area contributed by atoms with E-state index < -0.39 is 0 Å². The van der Waals surface area contributed by atoms with Crippen LogP contribution < -0.4 is 5.32 Å². The van der Waals surface area contributed by atoms with Crippen molar-refractivity contribution in [1.82, 2.24) is 10.2 Å². The van der Waals surface area contributed by atoms with Crippen molar-refractivity contribution in [2.75, 3.05) is 13.6 Å². The van der Waals surface area contributed by atoms with Crippen LogP contribution in [0.2, 0.25) is 0 Å². The van der Waals surface area contributed by atoms with Gasteiger partial charge in [0.2, 0.25) is 0 Å². The quantitative estimate of drug-likeness (QED) is 0.812. The van der Waals surface area contributed by atoms with E-state index in [1.165, 1.54) is 64.3 Å². The molecule has 17 heavy (non-hydrogen) atoms. The number of likely N-dealkylation sites (tertiary alicyclic amines) is 1. The first-order valence-corrected chi connectivity index (χ1v) is 7.79. The topological polar surface area (TPSA) is 15.3 Å². The summed E-state index contributed by atoms with van der Waals surface area (Å²) in [4.78, 5) is 2.84. The molecule has 0 aromatic carbocycles. The first-order chi connectivity index (χ1) is 8.36. The minimum absolute atomic E-state index is 0.738. The number of rotatable bonds is 3. The molecule has 1 heterocycles. The van der Waals surface area contributed by atoms with Gasteiger partial charge in [0.25, 0.3) is 0 Å². The van der Waals surface area contributed by atoms with Gasteiger partial charge in [-0.25, -0.2) is 0 Å². The molecule has 0 radical (unpaired) electrons. The summed E-state index contributed by atoms with van der Waals surface area (Å²) in [5, 5.41) is 3.60. The molecule has 0 bridgehead atoms. The fourth-order valence-corrected chi connectivity index (χ4v) is 3.93. The van der Waals surface area contributed by atoms with Gasteiger partial charge in [0, 0.05) is 18.1 Å². The van der Waals surface area contributed by atoms with Crippen molar-refractivity contribution in [1.29, 1.82) is 0 Å². The third-order valence-corrected chi connectivity index (χ3v) is 4.92. The minimum Gasteiger partial charge on any atom is -0.315 e. The standard InChI is InChI=1S/C15H30N2/c1-3-13-9-8-12-17(13)15-11-7-5-4-6-10-14(15)16-2/h13-16H,3-12H2,1-2H3. The van der Waals surface area contributed by atoms with Crippen LogP contribution >= 0.6 is 0 Å². The SMILES string of the molecule is CCC1CCCN1C1CCCCCCC1NC.